The summed E-state index contributed by atoms with van der Waals surface area (Å²) in [5.41, 5.74) is 0.948. The van der Waals surface area contributed by atoms with Crippen LogP contribution in [0.25, 0.3) is 0 Å². The number of nitrogens with zero attached hydrogens (tertiary/aromatic N) is 2. The Kier molecular flexibility index (Phi) is 5.31. The number of hydrogen-bond donors (Lipinski definition) is 1. The molecule has 24 heavy (non-hydrogen) atoms. The summed E-state index contributed by atoms with van der Waals surface area (Å²) in [5, 5.41) is 13.6. The summed E-state index contributed by atoms with van der Waals surface area (Å²) in [6.45, 7) is 1.79. The number of nitro groups is 1. The van der Waals surface area contributed by atoms with Gasteiger partial charge in [0.05, 0.1) is 11.5 Å². The summed E-state index contributed by atoms with van der Waals surface area (Å²) in [6.07, 6.45) is -0.764. The lowest BCUT2D eigenvalue weighted by Crippen LogP contribution is -2.15. The molecule has 7 nitrogen and oxygen atoms in total. The zero-order valence-electron chi connectivity index (χ0n) is 13.2. The molecule has 2 aromatic carbocycles. The summed E-state index contributed by atoms with van der Waals surface area (Å²) < 4.78 is 17.7. The summed E-state index contributed by atoms with van der Waals surface area (Å²) in [6, 6.07) is 10.1. The van der Waals surface area contributed by atoms with Crippen LogP contribution in [0.5, 0.6) is 0 Å². The molecule has 126 valence electrons. The summed E-state index contributed by atoms with van der Waals surface area (Å²) in [4.78, 5) is 23.8. The van der Waals surface area contributed by atoms with Gasteiger partial charge in [-0.25, -0.2) is 9.18 Å². The van der Waals surface area contributed by atoms with Gasteiger partial charge in [-0.3, -0.25) is 15.4 Å². The molecule has 2 rings (SSSR count). The molecule has 0 spiro atoms. The lowest BCUT2D eigenvalue weighted by atomic mass is 10.2. The third-order valence-electron chi connectivity index (χ3n) is 3.29. The fraction of sp³-hybridized carbons (Fsp3) is 0.188. The van der Waals surface area contributed by atoms with Crippen LogP contribution in [0.4, 0.5) is 31.9 Å². The number of carbonyl (C=O) groups is 1. The molecule has 0 bridgehead atoms. The quantitative estimate of drug-likeness (QED) is 0.658. The minimum Gasteiger partial charge on any atom is -0.450 e. The zero-order chi connectivity index (χ0) is 17.7. The van der Waals surface area contributed by atoms with E-state index in [0.29, 0.717) is 11.4 Å². The SMILES string of the molecule is CCOC(=O)Nc1ccc(N(C)c2ccc(F)cc2)cc1[N+](=O)[O-]. The normalized spacial score (nSPS) is 10.1. The van der Waals surface area contributed by atoms with Gasteiger partial charge < -0.3 is 9.64 Å². The molecule has 0 saturated heterocycles. The number of rotatable bonds is 5. The van der Waals surface area contributed by atoms with Gasteiger partial charge in [-0.1, -0.05) is 0 Å². The number of halogens is 1. The van der Waals surface area contributed by atoms with E-state index >= 15 is 0 Å². The number of anilines is 3. The third kappa shape index (κ3) is 3.97. The van der Waals surface area contributed by atoms with E-state index in [0.717, 1.165) is 0 Å². The molecule has 0 atom stereocenters. The highest BCUT2D eigenvalue weighted by Gasteiger charge is 2.19. The number of ether oxygens (including phenoxy) is 1. The fourth-order valence-corrected chi connectivity index (χ4v) is 2.08. The minimum absolute atomic E-state index is 0.0368. The van der Waals surface area contributed by atoms with Crippen LogP contribution in [0.1, 0.15) is 6.92 Å². The molecule has 0 heterocycles. The first kappa shape index (κ1) is 17.2. The Labute approximate surface area is 137 Å². The van der Waals surface area contributed by atoms with Gasteiger partial charge in [0.15, 0.2) is 0 Å². The molecule has 8 heteroatoms. The Morgan fingerprint density at radius 2 is 1.88 bits per heavy atom. The molecular weight excluding hydrogens is 317 g/mol. The van der Waals surface area contributed by atoms with E-state index in [1.54, 1.807) is 37.1 Å². The number of nitrogens with one attached hydrogen (secondary N) is 1. The van der Waals surface area contributed by atoms with Crippen molar-refractivity contribution in [3.8, 4) is 0 Å². The maximum Gasteiger partial charge on any atom is 0.411 e. The zero-order valence-corrected chi connectivity index (χ0v) is 13.2. The lowest BCUT2D eigenvalue weighted by Gasteiger charge is -2.20. The first-order chi connectivity index (χ1) is 11.4. The average Bonchev–Trinajstić information content (AvgIpc) is 2.55. The number of benzene rings is 2. The molecule has 0 unspecified atom stereocenters. The van der Waals surface area contributed by atoms with Crippen LogP contribution >= 0.6 is 0 Å². The summed E-state index contributed by atoms with van der Waals surface area (Å²) in [5.74, 6) is -0.368. The minimum atomic E-state index is -0.764. The molecule has 2 aromatic rings. The van der Waals surface area contributed by atoms with Crippen molar-refractivity contribution >= 4 is 28.8 Å². The molecule has 1 N–H and O–H groups in total. The highest BCUT2D eigenvalue weighted by molar-refractivity contribution is 5.88. The van der Waals surface area contributed by atoms with E-state index in [1.807, 2.05) is 0 Å². The van der Waals surface area contributed by atoms with E-state index in [9.17, 15) is 19.3 Å². The Balaban J connectivity index is 2.32. The molecule has 0 radical (unpaired) electrons. The van der Waals surface area contributed by atoms with E-state index in [2.05, 4.69) is 5.32 Å². The van der Waals surface area contributed by atoms with Crippen LogP contribution < -0.4 is 10.2 Å². The van der Waals surface area contributed by atoms with E-state index in [1.165, 1.54) is 24.3 Å². The number of hydrogen-bond acceptors (Lipinski definition) is 5. The van der Waals surface area contributed by atoms with Crippen molar-refractivity contribution in [3.63, 3.8) is 0 Å². The Morgan fingerprint density at radius 1 is 1.25 bits per heavy atom. The maximum atomic E-state index is 13.0. The first-order valence-corrected chi connectivity index (χ1v) is 7.14. The molecule has 0 aliphatic carbocycles. The van der Waals surface area contributed by atoms with Crippen molar-refractivity contribution in [1.82, 2.24) is 0 Å². The fourth-order valence-electron chi connectivity index (χ4n) is 2.08. The standard InChI is InChI=1S/C16H16FN3O4/c1-3-24-16(21)18-14-9-8-13(10-15(14)20(22)23)19(2)12-6-4-11(17)5-7-12/h4-10H,3H2,1-2H3,(H,18,21). The monoisotopic (exact) mass is 333 g/mol. The van der Waals surface area contributed by atoms with E-state index in [-0.39, 0.29) is 23.8 Å². The van der Waals surface area contributed by atoms with Gasteiger partial charge in [0.1, 0.15) is 11.5 Å². The Morgan fingerprint density at radius 3 is 2.46 bits per heavy atom. The second kappa shape index (κ2) is 7.40. The predicted molar refractivity (Wildman–Crippen MR) is 88.2 cm³/mol. The molecule has 0 saturated carbocycles. The van der Waals surface area contributed by atoms with Gasteiger partial charge in [-0.15, -0.1) is 0 Å². The summed E-state index contributed by atoms with van der Waals surface area (Å²) in [7, 11) is 1.70. The summed E-state index contributed by atoms with van der Waals surface area (Å²) >= 11 is 0. The average molecular weight is 333 g/mol. The maximum absolute atomic E-state index is 13.0. The smallest absolute Gasteiger partial charge is 0.411 e. The van der Waals surface area contributed by atoms with E-state index in [4.69, 9.17) is 4.74 Å². The number of carbonyl (C=O) groups excluding carboxylic acids is 1. The molecule has 0 aromatic heterocycles. The van der Waals surface area contributed by atoms with Gasteiger partial charge in [0.25, 0.3) is 5.69 Å². The molecule has 0 aliphatic heterocycles. The van der Waals surface area contributed by atoms with Crippen molar-refractivity contribution in [3.05, 3.63) is 58.4 Å². The van der Waals surface area contributed by atoms with Crippen LogP contribution in [-0.2, 0) is 4.74 Å². The van der Waals surface area contributed by atoms with Gasteiger partial charge in [-0.2, -0.15) is 0 Å². The van der Waals surface area contributed by atoms with Gasteiger partial charge in [0, 0.05) is 24.5 Å². The molecule has 0 fully saturated rings. The van der Waals surface area contributed by atoms with Crippen molar-refractivity contribution in [1.29, 1.82) is 0 Å². The molecule has 1 amide bonds. The second-order valence-electron chi connectivity index (χ2n) is 4.84. The third-order valence-corrected chi connectivity index (χ3v) is 3.29. The van der Waals surface area contributed by atoms with Gasteiger partial charge in [-0.05, 0) is 43.3 Å². The van der Waals surface area contributed by atoms with Crippen LogP contribution in [0.3, 0.4) is 0 Å². The van der Waals surface area contributed by atoms with Crippen LogP contribution in [0, 0.1) is 15.9 Å². The van der Waals surface area contributed by atoms with Crippen LogP contribution in [0.15, 0.2) is 42.5 Å². The molecular formula is C16H16FN3O4. The highest BCUT2D eigenvalue weighted by atomic mass is 19.1. The second-order valence-corrected chi connectivity index (χ2v) is 4.84. The highest BCUT2D eigenvalue weighted by Crippen LogP contribution is 2.32. The lowest BCUT2D eigenvalue weighted by molar-refractivity contribution is -0.383. The largest absolute Gasteiger partial charge is 0.450 e. The van der Waals surface area contributed by atoms with Gasteiger partial charge >= 0.3 is 6.09 Å². The topological polar surface area (TPSA) is 84.7 Å². The Bertz CT molecular complexity index is 749. The van der Waals surface area contributed by atoms with E-state index < -0.39 is 11.0 Å². The predicted octanol–water partition coefficient (Wildman–Crippen LogP) is 4.07. The van der Waals surface area contributed by atoms with Gasteiger partial charge in [0.2, 0.25) is 0 Å². The van der Waals surface area contributed by atoms with Crippen LogP contribution in [-0.4, -0.2) is 24.7 Å². The number of nitro benzene ring substituents is 1. The van der Waals surface area contributed by atoms with Crippen molar-refractivity contribution in [2.45, 2.75) is 6.92 Å². The first-order valence-electron chi connectivity index (χ1n) is 7.14. The van der Waals surface area contributed by atoms with Crippen molar-refractivity contribution in [2.75, 3.05) is 23.9 Å². The van der Waals surface area contributed by atoms with Crippen molar-refractivity contribution in [2.24, 2.45) is 0 Å². The Hall–Kier alpha value is -3.16. The van der Waals surface area contributed by atoms with Crippen LogP contribution in [0.2, 0.25) is 0 Å². The van der Waals surface area contributed by atoms with Crippen molar-refractivity contribution < 1.29 is 18.8 Å². The molecule has 0 aliphatic rings. The number of amides is 1.